The van der Waals surface area contributed by atoms with Crippen LogP contribution in [0.4, 0.5) is 11.5 Å². The van der Waals surface area contributed by atoms with Crippen LogP contribution in [0.5, 0.6) is 0 Å². The molecule has 0 radical (unpaired) electrons. The molecule has 5 heteroatoms. The fourth-order valence-electron chi connectivity index (χ4n) is 2.46. The maximum atomic E-state index is 7.00. The molecular weight excluding hydrogens is 348 g/mol. The highest BCUT2D eigenvalue weighted by molar-refractivity contribution is 5.78. The number of nitrogens with one attached hydrogen (secondary N) is 2. The van der Waals surface area contributed by atoms with E-state index >= 15 is 0 Å². The lowest BCUT2D eigenvalue weighted by Gasteiger charge is -2.15. The van der Waals surface area contributed by atoms with Crippen molar-refractivity contribution in [3.8, 4) is 11.3 Å². The minimum absolute atomic E-state index is 0.395. The summed E-state index contributed by atoms with van der Waals surface area (Å²) in [6, 6.07) is 8.25. The van der Waals surface area contributed by atoms with Gasteiger partial charge >= 0.3 is 0 Å². The van der Waals surface area contributed by atoms with E-state index in [1.165, 1.54) is 6.42 Å². The fourth-order valence-corrected chi connectivity index (χ4v) is 2.46. The summed E-state index contributed by atoms with van der Waals surface area (Å²) in [5.41, 5.74) is 5.84. The first kappa shape index (κ1) is 25.6. The smallest absolute Gasteiger partial charge is 0.135 e. The second kappa shape index (κ2) is 13.7. The summed E-state index contributed by atoms with van der Waals surface area (Å²) in [6.45, 7) is 17.5. The van der Waals surface area contributed by atoms with E-state index in [0.29, 0.717) is 5.92 Å². The quantitative estimate of drug-likeness (QED) is 0.585. The normalized spacial score (nSPS) is 9.64. The highest BCUT2D eigenvalue weighted by atomic mass is 16.2. The third-order valence-corrected chi connectivity index (χ3v) is 3.69. The Kier molecular flexibility index (Phi) is 12.5. The topological polar surface area (TPSA) is 70.1 Å². The van der Waals surface area contributed by atoms with Gasteiger partial charge in [0.05, 0.1) is 17.1 Å². The van der Waals surface area contributed by atoms with Gasteiger partial charge in [0.15, 0.2) is 0 Å². The maximum absolute atomic E-state index is 7.00. The molecule has 0 atom stereocenters. The molecule has 5 nitrogen and oxygen atoms in total. The van der Waals surface area contributed by atoms with Crippen molar-refractivity contribution in [1.82, 2.24) is 9.97 Å². The predicted molar refractivity (Wildman–Crippen MR) is 124 cm³/mol. The Morgan fingerprint density at radius 1 is 1.07 bits per heavy atom. The van der Waals surface area contributed by atoms with Gasteiger partial charge < -0.3 is 15.7 Å². The Hall–Kier alpha value is -2.40. The van der Waals surface area contributed by atoms with E-state index in [0.717, 1.165) is 53.4 Å². The lowest BCUT2D eigenvalue weighted by molar-refractivity contribution is 0.399. The molecule has 2 aromatic heterocycles. The number of aliphatic hydroxyl groups excluding tert-OH is 1. The van der Waals surface area contributed by atoms with Crippen LogP contribution in [0.3, 0.4) is 0 Å². The minimum atomic E-state index is 0.395. The molecule has 0 spiro atoms. The number of hydrogen-bond donors (Lipinski definition) is 3. The van der Waals surface area contributed by atoms with E-state index in [1.807, 2.05) is 20.0 Å². The van der Waals surface area contributed by atoms with Crippen molar-refractivity contribution < 1.29 is 5.11 Å². The van der Waals surface area contributed by atoms with Gasteiger partial charge in [0.25, 0.3) is 0 Å². The van der Waals surface area contributed by atoms with Gasteiger partial charge in [0.2, 0.25) is 0 Å². The molecule has 3 N–H and O–H groups in total. The standard InChI is InChI=1S/C19H26N4.C3H8.CH4O/c1-7-21-17-11-10-16(22-18(17)13(4)5)14-8-9-15(12(2)3)23-19(14)20-6;1-3-2;1-2/h8-12,21H,4,7H2,1-3,5-6H3,(H,20,23);3H2,1-2H3;2H,1H3. The number of aromatic nitrogens is 2. The third-order valence-electron chi connectivity index (χ3n) is 3.69. The van der Waals surface area contributed by atoms with E-state index in [9.17, 15) is 0 Å². The summed E-state index contributed by atoms with van der Waals surface area (Å²) in [4.78, 5) is 9.51. The summed E-state index contributed by atoms with van der Waals surface area (Å²) in [5.74, 6) is 1.25. The van der Waals surface area contributed by atoms with Gasteiger partial charge in [-0.15, -0.1) is 0 Å². The molecule has 0 aliphatic heterocycles. The van der Waals surface area contributed by atoms with E-state index in [4.69, 9.17) is 15.1 Å². The van der Waals surface area contributed by atoms with Crippen molar-refractivity contribution in [3.63, 3.8) is 0 Å². The Morgan fingerprint density at radius 3 is 2.14 bits per heavy atom. The second-order valence-corrected chi connectivity index (χ2v) is 6.65. The number of nitrogens with zero attached hydrogens (tertiary/aromatic N) is 2. The van der Waals surface area contributed by atoms with Crippen LogP contribution in [0, 0.1) is 0 Å². The van der Waals surface area contributed by atoms with Crippen LogP contribution >= 0.6 is 0 Å². The summed E-state index contributed by atoms with van der Waals surface area (Å²) < 4.78 is 0. The van der Waals surface area contributed by atoms with Crippen molar-refractivity contribution in [2.24, 2.45) is 0 Å². The van der Waals surface area contributed by atoms with E-state index in [-0.39, 0.29) is 0 Å². The van der Waals surface area contributed by atoms with Gasteiger partial charge in [-0.25, -0.2) is 9.97 Å². The first-order chi connectivity index (χ1) is 13.4. The van der Waals surface area contributed by atoms with Crippen molar-refractivity contribution in [2.75, 3.05) is 31.3 Å². The average molecular weight is 387 g/mol. The number of pyridine rings is 2. The summed E-state index contributed by atoms with van der Waals surface area (Å²) in [5, 5.41) is 13.5. The summed E-state index contributed by atoms with van der Waals surface area (Å²) >= 11 is 0. The molecule has 0 saturated heterocycles. The Morgan fingerprint density at radius 2 is 1.68 bits per heavy atom. The molecule has 2 aromatic rings. The predicted octanol–water partition coefficient (Wildman–Crippen LogP) is 5.80. The van der Waals surface area contributed by atoms with Crippen LogP contribution in [0.2, 0.25) is 0 Å². The van der Waals surface area contributed by atoms with Crippen molar-refractivity contribution in [3.05, 3.63) is 42.2 Å². The van der Waals surface area contributed by atoms with Crippen molar-refractivity contribution in [2.45, 2.75) is 53.9 Å². The molecule has 0 unspecified atom stereocenters. The van der Waals surface area contributed by atoms with Crippen LogP contribution in [-0.2, 0) is 0 Å². The van der Waals surface area contributed by atoms with Gasteiger partial charge in [-0.05, 0) is 49.6 Å². The molecule has 0 bridgehead atoms. The fraction of sp³-hybridized carbons (Fsp3) is 0.478. The monoisotopic (exact) mass is 386 g/mol. The minimum Gasteiger partial charge on any atom is -0.400 e. The molecule has 0 aliphatic rings. The average Bonchev–Trinajstić information content (AvgIpc) is 2.70. The van der Waals surface area contributed by atoms with Gasteiger partial charge in [0.1, 0.15) is 5.82 Å². The number of rotatable bonds is 6. The van der Waals surface area contributed by atoms with Crippen LogP contribution < -0.4 is 10.6 Å². The number of allylic oxidation sites excluding steroid dienone is 1. The van der Waals surface area contributed by atoms with E-state index in [2.05, 4.69) is 70.0 Å². The van der Waals surface area contributed by atoms with E-state index in [1.54, 1.807) is 0 Å². The third kappa shape index (κ3) is 7.31. The molecule has 28 heavy (non-hydrogen) atoms. The number of anilines is 2. The zero-order valence-electron chi connectivity index (χ0n) is 18.8. The maximum Gasteiger partial charge on any atom is 0.135 e. The first-order valence-electron chi connectivity index (χ1n) is 9.93. The SMILES string of the molecule is C=C(C)c1nc(-c2ccc(C(C)C)nc2NC)ccc1NCC.CCC.CO. The molecule has 2 heterocycles. The van der Waals surface area contributed by atoms with Gasteiger partial charge in [0, 0.05) is 32.0 Å². The number of hydrogen-bond acceptors (Lipinski definition) is 5. The summed E-state index contributed by atoms with van der Waals surface area (Å²) in [7, 11) is 2.89. The van der Waals surface area contributed by atoms with Gasteiger partial charge in [-0.1, -0.05) is 40.7 Å². The van der Waals surface area contributed by atoms with Crippen molar-refractivity contribution in [1.29, 1.82) is 0 Å². The zero-order valence-corrected chi connectivity index (χ0v) is 18.8. The molecule has 0 saturated carbocycles. The van der Waals surface area contributed by atoms with Crippen LogP contribution in [-0.4, -0.2) is 35.8 Å². The molecule has 156 valence electrons. The zero-order chi connectivity index (χ0) is 21.7. The van der Waals surface area contributed by atoms with Crippen LogP contribution in [0.25, 0.3) is 16.8 Å². The van der Waals surface area contributed by atoms with Gasteiger partial charge in [-0.2, -0.15) is 0 Å². The molecular formula is C23H38N4O. The highest BCUT2D eigenvalue weighted by Gasteiger charge is 2.13. The number of aliphatic hydroxyl groups is 1. The first-order valence-corrected chi connectivity index (χ1v) is 9.93. The van der Waals surface area contributed by atoms with Crippen LogP contribution in [0.1, 0.15) is 65.3 Å². The Bertz CT molecular complexity index is 727. The molecule has 0 fully saturated rings. The molecule has 0 aliphatic carbocycles. The van der Waals surface area contributed by atoms with Crippen LogP contribution in [0.15, 0.2) is 30.8 Å². The molecule has 0 amide bonds. The Balaban J connectivity index is 0.00000133. The largest absolute Gasteiger partial charge is 0.400 e. The van der Waals surface area contributed by atoms with E-state index < -0.39 is 0 Å². The molecule has 2 rings (SSSR count). The highest BCUT2D eigenvalue weighted by Crippen LogP contribution is 2.30. The Labute approximate surface area is 171 Å². The summed E-state index contributed by atoms with van der Waals surface area (Å²) in [6.07, 6.45) is 1.25. The van der Waals surface area contributed by atoms with Crippen molar-refractivity contribution >= 4 is 17.1 Å². The lowest BCUT2D eigenvalue weighted by Crippen LogP contribution is -2.04. The molecule has 0 aromatic carbocycles. The second-order valence-electron chi connectivity index (χ2n) is 6.65. The van der Waals surface area contributed by atoms with Gasteiger partial charge in [-0.3, -0.25) is 0 Å². The lowest BCUT2D eigenvalue weighted by atomic mass is 10.1.